The average molecular weight is 627 g/mol. The van der Waals surface area contributed by atoms with Crippen LogP contribution in [-0.2, 0) is 27.9 Å². The minimum absolute atomic E-state index is 0. The van der Waals surface area contributed by atoms with Crippen molar-refractivity contribution in [1.29, 1.82) is 0 Å². The fourth-order valence-electron chi connectivity index (χ4n) is 4.84. The van der Waals surface area contributed by atoms with Gasteiger partial charge in [-0.1, -0.05) is 109 Å². The number of hydrogen-bond acceptors (Lipinski definition) is 5. The first-order valence-corrected chi connectivity index (χ1v) is 16.3. The first kappa shape index (κ1) is 40.6. The van der Waals surface area contributed by atoms with Crippen molar-refractivity contribution in [3.05, 3.63) is 30.1 Å². The Balaban J connectivity index is 0.0000176. The van der Waals surface area contributed by atoms with Crippen molar-refractivity contribution in [1.82, 2.24) is 15.5 Å². The molecule has 0 fully saturated rings. The highest BCUT2D eigenvalue weighted by atomic mass is 35.5. The van der Waals surface area contributed by atoms with Gasteiger partial charge in [-0.05, 0) is 6.42 Å². The number of unbranched alkanes of at least 4 members (excludes halogenated alkanes) is 15. The summed E-state index contributed by atoms with van der Waals surface area (Å²) in [5.41, 5.74) is 0.891. The van der Waals surface area contributed by atoms with Crippen LogP contribution in [0.2, 0.25) is 0 Å². The van der Waals surface area contributed by atoms with Gasteiger partial charge in [0, 0.05) is 32.7 Å². The summed E-state index contributed by atoms with van der Waals surface area (Å²) in [6, 6.07) is 5.14. The molecule has 1 heterocycles. The summed E-state index contributed by atoms with van der Waals surface area (Å²) < 4.78 is 12.5. The Labute approximate surface area is 267 Å². The van der Waals surface area contributed by atoms with Gasteiger partial charge in [0.05, 0.1) is 6.54 Å². The van der Waals surface area contributed by atoms with E-state index in [0.717, 1.165) is 23.4 Å². The molecule has 0 bridgehead atoms. The van der Waals surface area contributed by atoms with Gasteiger partial charge in [-0.2, -0.15) is 0 Å². The maximum atomic E-state index is 12.7. The lowest BCUT2D eigenvalue weighted by Gasteiger charge is -2.24. The van der Waals surface area contributed by atoms with Crippen LogP contribution in [0.1, 0.15) is 122 Å². The number of methoxy groups -OCH3 is 1. The molecule has 9 nitrogen and oxygen atoms in total. The average Bonchev–Trinajstić information content (AvgIpc) is 2.98. The van der Waals surface area contributed by atoms with E-state index in [0.29, 0.717) is 6.54 Å². The van der Waals surface area contributed by atoms with Gasteiger partial charge in [-0.25, -0.2) is 14.2 Å². The largest absolute Gasteiger partial charge is 1.00 e. The predicted octanol–water partition coefficient (Wildman–Crippen LogP) is 3.58. The number of alkyl carbamates (subject to hydrolysis) is 1. The highest BCUT2D eigenvalue weighted by Gasteiger charge is 2.24. The maximum absolute atomic E-state index is 12.7. The Bertz CT molecular complexity index is 873. The molecule has 0 aromatic carbocycles. The van der Waals surface area contributed by atoms with Crippen LogP contribution in [0, 0.1) is 0 Å². The van der Waals surface area contributed by atoms with Crippen LogP contribution in [0.4, 0.5) is 9.59 Å². The monoisotopic (exact) mass is 626 g/mol. The number of halogens is 1. The molecule has 0 radical (unpaired) electrons. The van der Waals surface area contributed by atoms with Crippen LogP contribution in [0.5, 0.6) is 0 Å². The molecule has 1 unspecified atom stereocenters. The summed E-state index contributed by atoms with van der Waals surface area (Å²) in [5, 5.41) is 5.53. The van der Waals surface area contributed by atoms with Crippen LogP contribution in [0.15, 0.2) is 24.4 Å². The summed E-state index contributed by atoms with van der Waals surface area (Å²) in [4.78, 5) is 38.0. The predicted molar refractivity (Wildman–Crippen MR) is 167 cm³/mol. The summed E-state index contributed by atoms with van der Waals surface area (Å²) in [6.07, 6.45) is 21.7. The quantitative estimate of drug-likeness (QED) is 0.135. The van der Waals surface area contributed by atoms with Gasteiger partial charge in [0.2, 0.25) is 11.6 Å². The van der Waals surface area contributed by atoms with Crippen LogP contribution in [-0.4, -0.2) is 55.8 Å². The van der Waals surface area contributed by atoms with E-state index in [-0.39, 0.29) is 32.1 Å². The second kappa shape index (κ2) is 27.2. The highest BCUT2D eigenvalue weighted by molar-refractivity contribution is 5.93. The van der Waals surface area contributed by atoms with Gasteiger partial charge in [-0.15, -0.1) is 0 Å². The number of pyridine rings is 1. The van der Waals surface area contributed by atoms with Gasteiger partial charge in [0.15, 0.2) is 6.20 Å². The second-order valence-corrected chi connectivity index (χ2v) is 11.3. The zero-order chi connectivity index (χ0) is 30.8. The van der Waals surface area contributed by atoms with Crippen molar-refractivity contribution in [3.63, 3.8) is 0 Å². The van der Waals surface area contributed by atoms with E-state index < -0.39 is 24.1 Å². The van der Waals surface area contributed by atoms with Gasteiger partial charge in [0.1, 0.15) is 26.3 Å². The molecule has 10 heteroatoms. The topological polar surface area (TPSA) is 101 Å². The van der Waals surface area contributed by atoms with Crippen molar-refractivity contribution in [2.75, 3.05) is 26.8 Å². The molecule has 0 aliphatic heterocycles. The normalized spacial score (nSPS) is 11.3. The minimum atomic E-state index is -0.631. The number of nitrogens with zero attached hydrogens (tertiary/aromatic N) is 2. The Morgan fingerprint density at radius 2 is 1.37 bits per heavy atom. The smallest absolute Gasteiger partial charge is 0.407 e. The molecule has 2 N–H and O–H groups in total. The number of carbonyl (C=O) groups excluding carboxylic acids is 3. The lowest BCUT2D eigenvalue weighted by molar-refractivity contribution is -0.679. The number of carbonyl (C=O) groups is 3. The number of amides is 4. The lowest BCUT2D eigenvalue weighted by Crippen LogP contribution is -3.00. The fraction of sp³-hybridized carbons (Fsp3) is 0.758. The van der Waals surface area contributed by atoms with Gasteiger partial charge in [0.25, 0.3) is 0 Å². The van der Waals surface area contributed by atoms with E-state index in [4.69, 9.17) is 9.47 Å². The third kappa shape index (κ3) is 21.0. The maximum Gasteiger partial charge on any atom is 0.407 e. The van der Waals surface area contributed by atoms with E-state index in [2.05, 4.69) is 17.6 Å². The summed E-state index contributed by atoms with van der Waals surface area (Å²) in [6.45, 7) is 4.34. The number of aryl methyl sites for hydroxylation is 1. The van der Waals surface area contributed by atoms with Crippen LogP contribution >= 0.6 is 0 Å². The highest BCUT2D eigenvalue weighted by Crippen LogP contribution is 2.13. The molecule has 4 amide bonds. The van der Waals surface area contributed by atoms with E-state index >= 15 is 0 Å². The molecule has 1 rings (SSSR count). The molecule has 0 aliphatic carbocycles. The van der Waals surface area contributed by atoms with Gasteiger partial charge >= 0.3 is 12.1 Å². The van der Waals surface area contributed by atoms with Crippen molar-refractivity contribution in [2.24, 2.45) is 7.05 Å². The van der Waals surface area contributed by atoms with Crippen molar-refractivity contribution >= 4 is 18.0 Å². The SMILES string of the molecule is CCCCCCCCCCCCCCCCCCNC(=O)OCC(CN(C(C)=O)C(=O)NCc1cccc[n+]1C)OC.[Cl-]. The zero-order valence-corrected chi connectivity index (χ0v) is 28.1. The summed E-state index contributed by atoms with van der Waals surface area (Å²) in [7, 11) is 3.34. The number of aromatic nitrogens is 1. The van der Waals surface area contributed by atoms with E-state index in [1.165, 1.54) is 104 Å². The van der Waals surface area contributed by atoms with Crippen molar-refractivity contribution in [2.45, 2.75) is 129 Å². The molecule has 43 heavy (non-hydrogen) atoms. The molecule has 0 spiro atoms. The van der Waals surface area contributed by atoms with E-state index in [1.807, 2.05) is 36.0 Å². The number of rotatable bonds is 24. The molecular weight excluding hydrogens is 568 g/mol. The van der Waals surface area contributed by atoms with Crippen LogP contribution < -0.4 is 27.6 Å². The number of urea groups is 1. The summed E-state index contributed by atoms with van der Waals surface area (Å²) in [5.74, 6) is -0.417. The molecule has 248 valence electrons. The number of nitrogens with one attached hydrogen (secondary N) is 2. The van der Waals surface area contributed by atoms with Gasteiger partial charge in [-0.3, -0.25) is 9.69 Å². The van der Waals surface area contributed by atoms with E-state index in [1.54, 1.807) is 0 Å². The standard InChI is InChI=1S/C33H58N4O5.ClH/c1-5-6-7-8-9-10-11-12-13-14-15-16-17-18-19-21-24-34-33(40)42-28-31(41-4)27-37(29(2)38)32(39)35-26-30-23-20-22-25-36(30)3;/h20,22-23,25,31H,5-19,21,24,26-28H2,1-4H3,(H-,34,35,39,40);1H. The third-order valence-electron chi connectivity index (χ3n) is 7.63. The molecule has 1 aromatic rings. The van der Waals surface area contributed by atoms with E-state index in [9.17, 15) is 14.4 Å². The lowest BCUT2D eigenvalue weighted by atomic mass is 10.0. The van der Waals surface area contributed by atoms with Crippen LogP contribution in [0.3, 0.4) is 0 Å². The molecule has 0 aliphatic rings. The Morgan fingerprint density at radius 3 is 1.86 bits per heavy atom. The number of ether oxygens (including phenoxy) is 2. The molecular formula is C33H59ClN4O5. The Hall–Kier alpha value is -2.39. The Morgan fingerprint density at radius 1 is 0.837 bits per heavy atom. The second-order valence-electron chi connectivity index (χ2n) is 11.3. The number of hydrogen-bond donors (Lipinski definition) is 2. The summed E-state index contributed by atoms with van der Waals surface area (Å²) >= 11 is 0. The fourth-order valence-corrected chi connectivity index (χ4v) is 4.84. The minimum Gasteiger partial charge on any atom is -1.00 e. The molecule has 1 aromatic heterocycles. The Kier molecular flexibility index (Phi) is 25.7. The van der Waals surface area contributed by atoms with Crippen molar-refractivity contribution in [3.8, 4) is 0 Å². The molecule has 1 atom stereocenters. The third-order valence-corrected chi connectivity index (χ3v) is 7.63. The zero-order valence-electron chi connectivity index (χ0n) is 27.3. The molecule has 0 saturated heterocycles. The van der Waals surface area contributed by atoms with Crippen LogP contribution in [0.25, 0.3) is 0 Å². The first-order valence-electron chi connectivity index (χ1n) is 16.3. The first-order chi connectivity index (χ1) is 20.4. The van der Waals surface area contributed by atoms with Gasteiger partial charge < -0.3 is 32.5 Å². The van der Waals surface area contributed by atoms with Crippen molar-refractivity contribution < 1.29 is 40.8 Å². The number of imide groups is 1. The molecule has 0 saturated carbocycles.